The van der Waals surface area contributed by atoms with Gasteiger partial charge in [0.25, 0.3) is 0 Å². The minimum atomic E-state index is -0.468. The van der Waals surface area contributed by atoms with Gasteiger partial charge < -0.3 is 25.7 Å². The Morgan fingerprint density at radius 2 is 2.09 bits per heavy atom. The first kappa shape index (κ1) is 25.7. The summed E-state index contributed by atoms with van der Waals surface area (Å²) in [6.45, 7) is 14.8. The van der Waals surface area contributed by atoms with Gasteiger partial charge in [-0.25, -0.2) is 9.78 Å². The highest BCUT2D eigenvalue weighted by Gasteiger charge is 2.22. The molecule has 0 unspecified atom stereocenters. The van der Waals surface area contributed by atoms with Crippen molar-refractivity contribution in [2.24, 2.45) is 4.99 Å². The molecule has 0 saturated heterocycles. The van der Waals surface area contributed by atoms with Crippen LogP contribution in [-0.2, 0) is 10.2 Å². The Morgan fingerprint density at radius 3 is 2.73 bits per heavy atom. The number of aromatic nitrogens is 2. The molecule has 1 amide bonds. The van der Waals surface area contributed by atoms with Crippen LogP contribution in [0.15, 0.2) is 48.1 Å². The van der Waals surface area contributed by atoms with E-state index in [9.17, 15) is 4.79 Å². The molecule has 0 aliphatic rings. The zero-order chi connectivity index (χ0) is 24.6. The van der Waals surface area contributed by atoms with E-state index in [0.29, 0.717) is 6.54 Å². The highest BCUT2D eigenvalue weighted by Crippen LogP contribution is 2.32. The summed E-state index contributed by atoms with van der Waals surface area (Å²) in [7, 11) is 3.24. The lowest BCUT2D eigenvalue weighted by molar-refractivity contribution is 0.168. The maximum Gasteiger partial charge on any atom is 0.407 e. The number of hydrogen-bond donors (Lipinski definition) is 4. The molecule has 2 aromatic rings. The number of rotatable bonds is 8. The van der Waals surface area contributed by atoms with Crippen LogP contribution in [0.25, 0.3) is 16.8 Å². The van der Waals surface area contributed by atoms with Gasteiger partial charge in [-0.15, -0.1) is 0 Å². The highest BCUT2D eigenvalue weighted by molar-refractivity contribution is 5.84. The van der Waals surface area contributed by atoms with E-state index in [-0.39, 0.29) is 11.5 Å². The number of methoxy groups -OCH3 is 1. The van der Waals surface area contributed by atoms with E-state index in [1.807, 2.05) is 39.1 Å². The number of aromatic amines is 1. The van der Waals surface area contributed by atoms with Gasteiger partial charge in [0.15, 0.2) is 0 Å². The molecular weight excluding hydrogens is 416 g/mol. The van der Waals surface area contributed by atoms with Gasteiger partial charge in [0.2, 0.25) is 0 Å². The van der Waals surface area contributed by atoms with Crippen LogP contribution in [0.1, 0.15) is 46.1 Å². The molecule has 1 atom stereocenters. The average Bonchev–Trinajstić information content (AvgIpc) is 3.24. The first-order valence-electron chi connectivity index (χ1n) is 10.9. The van der Waals surface area contributed by atoms with Gasteiger partial charge in [0, 0.05) is 36.0 Å². The van der Waals surface area contributed by atoms with Crippen LogP contribution in [0.4, 0.5) is 10.5 Å². The monoisotopic (exact) mass is 452 g/mol. The molecule has 33 heavy (non-hydrogen) atoms. The average molecular weight is 453 g/mol. The molecule has 0 saturated carbocycles. The molecule has 4 N–H and O–H groups in total. The van der Waals surface area contributed by atoms with Crippen molar-refractivity contribution < 1.29 is 9.53 Å². The quantitative estimate of drug-likeness (QED) is 0.264. The molecule has 8 heteroatoms. The molecule has 1 heterocycles. The molecule has 0 spiro atoms. The molecule has 0 fully saturated rings. The molecule has 0 aliphatic carbocycles. The third-order valence-corrected chi connectivity index (χ3v) is 4.89. The van der Waals surface area contributed by atoms with E-state index in [1.54, 1.807) is 6.20 Å². The summed E-state index contributed by atoms with van der Waals surface area (Å²) in [6, 6.07) is 8.04. The molecule has 178 valence electrons. The molecule has 2 rings (SSSR count). The Balaban J connectivity index is 2.18. The molecule has 0 radical (unpaired) electrons. The van der Waals surface area contributed by atoms with E-state index in [4.69, 9.17) is 4.98 Å². The van der Waals surface area contributed by atoms with Gasteiger partial charge >= 0.3 is 6.09 Å². The van der Waals surface area contributed by atoms with Crippen molar-refractivity contribution in [3.8, 4) is 11.3 Å². The molecule has 0 aliphatic heterocycles. The number of benzene rings is 1. The van der Waals surface area contributed by atoms with Crippen LogP contribution in [-0.4, -0.2) is 48.6 Å². The van der Waals surface area contributed by atoms with Crippen molar-refractivity contribution in [2.75, 3.05) is 26.0 Å². The number of anilines is 1. The standard InChI is InChI=1S/C25H36N6O2/c1-16(12-13-27-18(3)28-15-17(2)29-24(32)33-8)21-22(31-23(30-21)25(4,5)6)19-10-9-11-20(14-19)26-7/h9-14,17,26H,1,15H2,2-8H3,(H,27,28)(H,29,32)(H,30,31)/b13-12-/t17-/m0/s1. The van der Waals surface area contributed by atoms with Crippen LogP contribution in [0.3, 0.4) is 0 Å². The first-order chi connectivity index (χ1) is 15.5. The third-order valence-electron chi connectivity index (χ3n) is 4.89. The topological polar surface area (TPSA) is 103 Å². The van der Waals surface area contributed by atoms with Gasteiger partial charge in [-0.05, 0) is 37.6 Å². The number of H-pyrrole nitrogens is 1. The van der Waals surface area contributed by atoms with Crippen LogP contribution in [0, 0.1) is 0 Å². The number of carbonyl (C=O) groups is 1. The fourth-order valence-corrected chi connectivity index (χ4v) is 2.97. The zero-order valence-corrected chi connectivity index (χ0v) is 20.7. The van der Waals surface area contributed by atoms with Crippen molar-refractivity contribution in [1.29, 1.82) is 0 Å². The number of carbonyl (C=O) groups excluding carboxylic acids is 1. The summed E-state index contributed by atoms with van der Waals surface area (Å²) in [5.41, 5.74) is 4.43. The second kappa shape index (κ2) is 11.4. The Kier molecular flexibility index (Phi) is 8.85. The summed E-state index contributed by atoms with van der Waals surface area (Å²) < 4.78 is 4.59. The Hall–Kier alpha value is -3.55. The number of ether oxygens (including phenoxy) is 1. The van der Waals surface area contributed by atoms with Crippen LogP contribution >= 0.6 is 0 Å². The minimum Gasteiger partial charge on any atom is -0.453 e. The smallest absolute Gasteiger partial charge is 0.407 e. The number of alkyl carbamates (subject to hydrolysis) is 1. The predicted octanol–water partition coefficient (Wildman–Crippen LogP) is 4.70. The predicted molar refractivity (Wildman–Crippen MR) is 137 cm³/mol. The normalized spacial score (nSPS) is 13.0. The van der Waals surface area contributed by atoms with Gasteiger partial charge in [0.05, 0.1) is 30.9 Å². The summed E-state index contributed by atoms with van der Waals surface area (Å²) >= 11 is 0. The number of amides is 1. The number of aliphatic imine (C=N–C) groups is 1. The van der Waals surface area contributed by atoms with Crippen molar-refractivity contribution in [2.45, 2.75) is 46.1 Å². The van der Waals surface area contributed by atoms with Crippen molar-refractivity contribution in [3.63, 3.8) is 0 Å². The Morgan fingerprint density at radius 1 is 1.36 bits per heavy atom. The number of amidine groups is 1. The lowest BCUT2D eigenvalue weighted by Gasteiger charge is -2.14. The van der Waals surface area contributed by atoms with E-state index in [1.165, 1.54) is 7.11 Å². The summed E-state index contributed by atoms with van der Waals surface area (Å²) in [4.78, 5) is 24.0. The first-order valence-corrected chi connectivity index (χ1v) is 10.9. The molecule has 0 bridgehead atoms. The van der Waals surface area contributed by atoms with Crippen LogP contribution in [0.5, 0.6) is 0 Å². The lowest BCUT2D eigenvalue weighted by atomic mass is 9.96. The SMILES string of the molecule is C=C(/C=C\NC(C)=NC[C@H](C)NC(=O)OC)c1nc(C(C)(C)C)[nH]c1-c1cccc(NC)c1. The van der Waals surface area contributed by atoms with E-state index >= 15 is 0 Å². The number of allylic oxidation sites excluding steroid dienone is 2. The van der Waals surface area contributed by atoms with Gasteiger partial charge in [-0.3, -0.25) is 4.99 Å². The van der Waals surface area contributed by atoms with Gasteiger partial charge in [-0.1, -0.05) is 39.5 Å². The van der Waals surface area contributed by atoms with Crippen molar-refractivity contribution in [1.82, 2.24) is 20.6 Å². The van der Waals surface area contributed by atoms with E-state index < -0.39 is 6.09 Å². The number of imidazole rings is 1. The fraction of sp³-hybridized carbons (Fsp3) is 0.400. The van der Waals surface area contributed by atoms with Crippen molar-refractivity contribution >= 4 is 23.2 Å². The third kappa shape index (κ3) is 7.52. The molecular formula is C25H36N6O2. The van der Waals surface area contributed by atoms with Crippen molar-refractivity contribution in [3.05, 3.63) is 54.6 Å². The number of nitrogens with one attached hydrogen (secondary N) is 4. The molecule has 8 nitrogen and oxygen atoms in total. The number of nitrogens with zero attached hydrogens (tertiary/aromatic N) is 2. The fourth-order valence-electron chi connectivity index (χ4n) is 2.97. The largest absolute Gasteiger partial charge is 0.453 e. The van der Waals surface area contributed by atoms with E-state index in [2.05, 4.69) is 70.1 Å². The number of hydrogen-bond acceptors (Lipinski definition) is 5. The Bertz CT molecular complexity index is 1030. The van der Waals surface area contributed by atoms with E-state index in [0.717, 1.165) is 39.9 Å². The Labute approximate surface area is 196 Å². The molecule has 1 aromatic heterocycles. The van der Waals surface area contributed by atoms with Gasteiger partial charge in [-0.2, -0.15) is 0 Å². The van der Waals surface area contributed by atoms with Crippen LogP contribution < -0.4 is 16.0 Å². The molecule has 1 aromatic carbocycles. The minimum absolute atomic E-state index is 0.131. The maximum absolute atomic E-state index is 11.2. The maximum atomic E-state index is 11.2. The second-order valence-electron chi connectivity index (χ2n) is 8.86. The summed E-state index contributed by atoms with van der Waals surface area (Å²) in [6.07, 6.45) is 3.20. The zero-order valence-electron chi connectivity index (χ0n) is 20.7. The second-order valence-corrected chi connectivity index (χ2v) is 8.86. The summed E-state index contributed by atoms with van der Waals surface area (Å²) in [5.74, 6) is 1.62. The highest BCUT2D eigenvalue weighted by atomic mass is 16.5. The lowest BCUT2D eigenvalue weighted by Crippen LogP contribution is -2.35. The summed E-state index contributed by atoms with van der Waals surface area (Å²) in [5, 5.41) is 9.00. The van der Waals surface area contributed by atoms with Crippen LogP contribution in [0.2, 0.25) is 0 Å². The van der Waals surface area contributed by atoms with Gasteiger partial charge in [0.1, 0.15) is 5.82 Å².